The van der Waals surface area contributed by atoms with Crippen LogP contribution in [-0.2, 0) is 0 Å². The Morgan fingerprint density at radius 1 is 1.33 bits per heavy atom. The van der Waals surface area contributed by atoms with Crippen LogP contribution in [-0.4, -0.2) is 23.5 Å². The number of rotatable bonds is 3. The SMILES string of the molecule is Cc1nc2cc(F)ccc2cc1C(=O)NC1CCCC1CN.Cl.Cl. The van der Waals surface area contributed by atoms with E-state index in [1.54, 1.807) is 19.1 Å². The zero-order valence-electron chi connectivity index (χ0n) is 13.4. The number of nitrogens with one attached hydrogen (secondary N) is 1. The third kappa shape index (κ3) is 4.15. The maximum atomic E-state index is 13.2. The Hall–Kier alpha value is -1.43. The molecule has 24 heavy (non-hydrogen) atoms. The van der Waals surface area contributed by atoms with Crippen LogP contribution in [0.15, 0.2) is 24.3 Å². The van der Waals surface area contributed by atoms with E-state index in [1.165, 1.54) is 12.1 Å². The molecule has 1 heterocycles. The summed E-state index contributed by atoms with van der Waals surface area (Å²) in [6.07, 6.45) is 3.13. The first-order valence-corrected chi connectivity index (χ1v) is 7.66. The third-order valence-corrected chi connectivity index (χ3v) is 4.49. The maximum absolute atomic E-state index is 13.2. The van der Waals surface area contributed by atoms with Crippen molar-refractivity contribution in [2.24, 2.45) is 11.7 Å². The molecular weight excluding hydrogens is 352 g/mol. The first-order valence-electron chi connectivity index (χ1n) is 7.66. The molecule has 2 unspecified atom stereocenters. The molecule has 0 bridgehead atoms. The standard InChI is InChI=1S/C17H20FN3O.2ClH/c1-10-14(7-11-5-6-13(18)8-16(11)20-10)17(22)21-15-4-2-3-12(15)9-19;;/h5-8,12,15H,2-4,9,19H2,1H3,(H,21,22);2*1H. The van der Waals surface area contributed by atoms with E-state index in [2.05, 4.69) is 10.3 Å². The van der Waals surface area contributed by atoms with Crippen LogP contribution in [0.3, 0.4) is 0 Å². The van der Waals surface area contributed by atoms with Crippen LogP contribution in [0.1, 0.15) is 35.3 Å². The monoisotopic (exact) mass is 373 g/mol. The number of aryl methyl sites for hydroxylation is 1. The minimum atomic E-state index is -0.326. The van der Waals surface area contributed by atoms with Gasteiger partial charge in [-0.1, -0.05) is 6.42 Å². The fourth-order valence-electron chi connectivity index (χ4n) is 3.22. The average Bonchev–Trinajstić information content (AvgIpc) is 2.93. The van der Waals surface area contributed by atoms with E-state index in [0.717, 1.165) is 24.6 Å². The lowest BCUT2D eigenvalue weighted by molar-refractivity contribution is 0.0928. The molecule has 1 aromatic carbocycles. The molecule has 0 radical (unpaired) electrons. The fourth-order valence-corrected chi connectivity index (χ4v) is 3.22. The van der Waals surface area contributed by atoms with Crippen molar-refractivity contribution in [3.05, 3.63) is 41.3 Å². The van der Waals surface area contributed by atoms with Crippen molar-refractivity contribution < 1.29 is 9.18 Å². The molecule has 132 valence electrons. The largest absolute Gasteiger partial charge is 0.349 e. The van der Waals surface area contributed by atoms with Gasteiger partial charge >= 0.3 is 0 Å². The number of amides is 1. The number of carbonyl (C=O) groups is 1. The van der Waals surface area contributed by atoms with E-state index in [1.807, 2.05) is 0 Å². The van der Waals surface area contributed by atoms with Gasteiger partial charge in [-0.3, -0.25) is 9.78 Å². The van der Waals surface area contributed by atoms with Crippen LogP contribution >= 0.6 is 24.8 Å². The Labute approximate surface area is 153 Å². The van der Waals surface area contributed by atoms with Gasteiger partial charge in [0.05, 0.1) is 16.8 Å². The first kappa shape index (κ1) is 20.6. The summed E-state index contributed by atoms with van der Waals surface area (Å²) < 4.78 is 13.2. The Morgan fingerprint density at radius 2 is 2.08 bits per heavy atom. The van der Waals surface area contributed by atoms with Gasteiger partial charge in [0.2, 0.25) is 0 Å². The highest BCUT2D eigenvalue weighted by Crippen LogP contribution is 2.25. The molecule has 0 saturated heterocycles. The van der Waals surface area contributed by atoms with Crippen molar-refractivity contribution in [3.8, 4) is 0 Å². The highest BCUT2D eigenvalue weighted by Gasteiger charge is 2.28. The van der Waals surface area contributed by atoms with Crippen molar-refractivity contribution in [2.75, 3.05) is 6.54 Å². The predicted octanol–water partition coefficient (Wildman–Crippen LogP) is 3.38. The smallest absolute Gasteiger partial charge is 0.253 e. The van der Waals surface area contributed by atoms with E-state index in [9.17, 15) is 9.18 Å². The lowest BCUT2D eigenvalue weighted by Crippen LogP contribution is -2.40. The molecule has 1 fully saturated rings. The van der Waals surface area contributed by atoms with Gasteiger partial charge in [-0.25, -0.2) is 4.39 Å². The molecular formula is C17H22Cl2FN3O. The van der Waals surface area contributed by atoms with E-state index >= 15 is 0 Å². The Morgan fingerprint density at radius 3 is 2.79 bits per heavy atom. The summed E-state index contributed by atoms with van der Waals surface area (Å²) in [5.41, 5.74) is 7.47. The maximum Gasteiger partial charge on any atom is 0.253 e. The number of hydrogen-bond acceptors (Lipinski definition) is 3. The van der Waals surface area contributed by atoms with Crippen LogP contribution in [0.2, 0.25) is 0 Å². The van der Waals surface area contributed by atoms with Crippen molar-refractivity contribution in [2.45, 2.75) is 32.2 Å². The van der Waals surface area contributed by atoms with E-state index < -0.39 is 0 Å². The summed E-state index contributed by atoms with van der Waals surface area (Å²) in [7, 11) is 0. The number of fused-ring (bicyclic) bond motifs is 1. The Bertz CT molecular complexity index is 726. The summed E-state index contributed by atoms with van der Waals surface area (Å²) in [6, 6.07) is 6.32. The van der Waals surface area contributed by atoms with Gasteiger partial charge in [-0.05, 0) is 50.4 Å². The number of benzene rings is 1. The van der Waals surface area contributed by atoms with Crippen LogP contribution in [0.4, 0.5) is 4.39 Å². The second-order valence-corrected chi connectivity index (χ2v) is 5.97. The summed E-state index contributed by atoms with van der Waals surface area (Å²) in [5.74, 6) is -0.0957. The number of halogens is 3. The summed E-state index contributed by atoms with van der Waals surface area (Å²) in [6.45, 7) is 2.37. The molecule has 4 nitrogen and oxygen atoms in total. The molecule has 0 spiro atoms. The molecule has 2 atom stereocenters. The molecule has 3 rings (SSSR count). The zero-order valence-corrected chi connectivity index (χ0v) is 15.1. The molecule has 0 aliphatic heterocycles. The minimum absolute atomic E-state index is 0. The van der Waals surface area contributed by atoms with Crippen molar-refractivity contribution >= 4 is 41.6 Å². The molecule has 1 aliphatic carbocycles. The quantitative estimate of drug-likeness (QED) is 0.866. The van der Waals surface area contributed by atoms with E-state index in [0.29, 0.717) is 29.2 Å². The van der Waals surface area contributed by atoms with Gasteiger partial charge < -0.3 is 11.1 Å². The van der Waals surface area contributed by atoms with Crippen LogP contribution in [0, 0.1) is 18.7 Å². The molecule has 7 heteroatoms. The van der Waals surface area contributed by atoms with Crippen LogP contribution < -0.4 is 11.1 Å². The molecule has 1 saturated carbocycles. The summed E-state index contributed by atoms with van der Waals surface area (Å²) in [4.78, 5) is 16.9. The second kappa shape index (κ2) is 8.60. The lowest BCUT2D eigenvalue weighted by Gasteiger charge is -2.20. The van der Waals surface area contributed by atoms with Crippen molar-refractivity contribution in [1.29, 1.82) is 0 Å². The van der Waals surface area contributed by atoms with Crippen molar-refractivity contribution in [1.82, 2.24) is 10.3 Å². The lowest BCUT2D eigenvalue weighted by atomic mass is 10.0. The highest BCUT2D eigenvalue weighted by molar-refractivity contribution is 5.98. The second-order valence-electron chi connectivity index (χ2n) is 5.97. The molecule has 1 amide bonds. The van der Waals surface area contributed by atoms with Gasteiger partial charge in [-0.15, -0.1) is 24.8 Å². The number of nitrogens with zero attached hydrogens (tertiary/aromatic N) is 1. The van der Waals surface area contributed by atoms with Gasteiger partial charge in [0.1, 0.15) is 5.82 Å². The topological polar surface area (TPSA) is 68.0 Å². The molecule has 1 aromatic heterocycles. The number of nitrogens with two attached hydrogens (primary N) is 1. The average molecular weight is 374 g/mol. The number of pyridine rings is 1. The van der Waals surface area contributed by atoms with Crippen molar-refractivity contribution in [3.63, 3.8) is 0 Å². The summed E-state index contributed by atoms with van der Waals surface area (Å²) in [5, 5.41) is 3.84. The van der Waals surface area contributed by atoms with Crippen LogP contribution in [0.25, 0.3) is 10.9 Å². The number of hydrogen-bond donors (Lipinski definition) is 2. The van der Waals surface area contributed by atoms with Gasteiger partial charge in [0, 0.05) is 17.5 Å². The van der Waals surface area contributed by atoms with Gasteiger partial charge in [0.15, 0.2) is 0 Å². The normalized spacial score (nSPS) is 19.5. The molecule has 3 N–H and O–H groups in total. The van der Waals surface area contributed by atoms with E-state index in [4.69, 9.17) is 5.73 Å². The third-order valence-electron chi connectivity index (χ3n) is 4.49. The van der Waals surface area contributed by atoms with Crippen LogP contribution in [0.5, 0.6) is 0 Å². The van der Waals surface area contributed by atoms with Gasteiger partial charge in [0.25, 0.3) is 5.91 Å². The van der Waals surface area contributed by atoms with E-state index in [-0.39, 0.29) is 42.6 Å². The first-order chi connectivity index (χ1) is 10.6. The fraction of sp³-hybridized carbons (Fsp3) is 0.412. The predicted molar refractivity (Wildman–Crippen MR) is 98.6 cm³/mol. The molecule has 2 aromatic rings. The Kier molecular flexibility index (Phi) is 7.39. The Balaban J connectivity index is 0.00000144. The highest BCUT2D eigenvalue weighted by atomic mass is 35.5. The molecule has 1 aliphatic rings. The number of carbonyl (C=O) groups excluding carboxylic acids is 1. The number of aromatic nitrogens is 1. The minimum Gasteiger partial charge on any atom is -0.349 e. The summed E-state index contributed by atoms with van der Waals surface area (Å²) >= 11 is 0. The zero-order chi connectivity index (χ0) is 15.7. The van der Waals surface area contributed by atoms with Gasteiger partial charge in [-0.2, -0.15) is 0 Å².